The lowest BCUT2D eigenvalue weighted by Gasteiger charge is -2.14. The molecular formula is C14H18N2O3S. The minimum Gasteiger partial charge on any atom is -0.465 e. The molecule has 1 atom stereocenters. The first-order chi connectivity index (χ1) is 9.47. The third kappa shape index (κ3) is 4.62. The summed E-state index contributed by atoms with van der Waals surface area (Å²) >= 11 is 5.04. The second kappa shape index (κ2) is 7.59. The van der Waals surface area contributed by atoms with Crippen LogP contribution in [-0.2, 0) is 4.74 Å². The Labute approximate surface area is 123 Å². The standard InChI is InChI=1S/C14H18N2O3S/c1-4-9(2)15-14(20)16-12(17)10-5-7-11(8-6-10)13(18)19-3/h5-9H,4H2,1-3H3,(H2,15,16,17,20). The molecule has 2 N–H and O–H groups in total. The van der Waals surface area contributed by atoms with Gasteiger partial charge in [0.2, 0.25) is 0 Å². The molecule has 1 unspecified atom stereocenters. The molecule has 0 aliphatic carbocycles. The molecular weight excluding hydrogens is 276 g/mol. The number of esters is 1. The van der Waals surface area contributed by atoms with Crippen molar-refractivity contribution < 1.29 is 14.3 Å². The summed E-state index contributed by atoms with van der Waals surface area (Å²) in [6, 6.07) is 6.36. The highest BCUT2D eigenvalue weighted by molar-refractivity contribution is 7.80. The quantitative estimate of drug-likeness (QED) is 0.655. The lowest BCUT2D eigenvalue weighted by Crippen LogP contribution is -2.43. The van der Waals surface area contributed by atoms with Crippen molar-refractivity contribution in [2.24, 2.45) is 0 Å². The fraction of sp³-hybridized carbons (Fsp3) is 0.357. The van der Waals surface area contributed by atoms with Gasteiger partial charge < -0.3 is 10.1 Å². The number of hydrogen-bond acceptors (Lipinski definition) is 4. The molecule has 20 heavy (non-hydrogen) atoms. The third-order valence-electron chi connectivity index (χ3n) is 2.79. The number of carbonyl (C=O) groups excluding carboxylic acids is 2. The molecule has 0 aliphatic rings. The fourth-order valence-electron chi connectivity index (χ4n) is 1.41. The van der Waals surface area contributed by atoms with Gasteiger partial charge in [0.15, 0.2) is 5.11 Å². The monoisotopic (exact) mass is 294 g/mol. The van der Waals surface area contributed by atoms with Gasteiger partial charge in [-0.1, -0.05) is 6.92 Å². The molecule has 5 nitrogen and oxygen atoms in total. The van der Waals surface area contributed by atoms with Crippen LogP contribution in [0.5, 0.6) is 0 Å². The molecule has 108 valence electrons. The van der Waals surface area contributed by atoms with Crippen LogP contribution in [0.1, 0.15) is 41.0 Å². The number of hydrogen-bond donors (Lipinski definition) is 2. The van der Waals surface area contributed by atoms with E-state index in [0.717, 1.165) is 6.42 Å². The lowest BCUT2D eigenvalue weighted by atomic mass is 10.1. The van der Waals surface area contributed by atoms with E-state index in [0.29, 0.717) is 16.2 Å². The van der Waals surface area contributed by atoms with Crippen molar-refractivity contribution in [1.82, 2.24) is 10.6 Å². The van der Waals surface area contributed by atoms with E-state index in [1.165, 1.54) is 19.2 Å². The summed E-state index contributed by atoms with van der Waals surface area (Å²) in [4.78, 5) is 23.2. The van der Waals surface area contributed by atoms with Crippen molar-refractivity contribution >= 4 is 29.2 Å². The molecule has 6 heteroatoms. The van der Waals surface area contributed by atoms with Gasteiger partial charge in [0.05, 0.1) is 12.7 Å². The Hall–Kier alpha value is -1.95. The van der Waals surface area contributed by atoms with E-state index >= 15 is 0 Å². The zero-order valence-corrected chi connectivity index (χ0v) is 12.5. The molecule has 1 aromatic rings. The van der Waals surface area contributed by atoms with Crippen LogP contribution in [0.2, 0.25) is 0 Å². The normalized spacial score (nSPS) is 11.3. The Morgan fingerprint density at radius 1 is 1.25 bits per heavy atom. The number of thiocarbonyl (C=S) groups is 1. The predicted octanol–water partition coefficient (Wildman–Crippen LogP) is 1.88. The molecule has 0 fully saturated rings. The lowest BCUT2D eigenvalue weighted by molar-refractivity contribution is 0.0600. The highest BCUT2D eigenvalue weighted by Crippen LogP contribution is 2.05. The van der Waals surface area contributed by atoms with Crippen molar-refractivity contribution in [3.05, 3.63) is 35.4 Å². The van der Waals surface area contributed by atoms with E-state index in [-0.39, 0.29) is 11.9 Å². The van der Waals surface area contributed by atoms with Crippen LogP contribution >= 0.6 is 12.2 Å². The molecule has 1 rings (SSSR count). The number of rotatable bonds is 4. The number of ether oxygens (including phenoxy) is 1. The van der Waals surface area contributed by atoms with Gasteiger partial charge in [-0.2, -0.15) is 0 Å². The smallest absolute Gasteiger partial charge is 0.337 e. The first-order valence-electron chi connectivity index (χ1n) is 6.28. The van der Waals surface area contributed by atoms with Gasteiger partial charge in [-0.3, -0.25) is 10.1 Å². The Morgan fingerprint density at radius 3 is 2.30 bits per heavy atom. The average molecular weight is 294 g/mol. The molecule has 0 heterocycles. The van der Waals surface area contributed by atoms with Crippen molar-refractivity contribution in [3.63, 3.8) is 0 Å². The number of benzene rings is 1. The Morgan fingerprint density at radius 2 is 1.80 bits per heavy atom. The van der Waals surface area contributed by atoms with Gasteiger partial charge in [-0.15, -0.1) is 0 Å². The average Bonchev–Trinajstić information content (AvgIpc) is 2.46. The van der Waals surface area contributed by atoms with Gasteiger partial charge in [-0.05, 0) is 49.8 Å². The molecule has 0 aliphatic heterocycles. The van der Waals surface area contributed by atoms with Crippen LogP contribution in [0.15, 0.2) is 24.3 Å². The zero-order valence-electron chi connectivity index (χ0n) is 11.7. The molecule has 0 aromatic heterocycles. The minimum absolute atomic E-state index is 0.199. The van der Waals surface area contributed by atoms with Gasteiger partial charge >= 0.3 is 5.97 Å². The topological polar surface area (TPSA) is 67.4 Å². The Balaban J connectivity index is 2.64. The van der Waals surface area contributed by atoms with Crippen LogP contribution in [0.25, 0.3) is 0 Å². The largest absolute Gasteiger partial charge is 0.465 e. The summed E-state index contributed by atoms with van der Waals surface area (Å²) in [5.41, 5.74) is 0.815. The van der Waals surface area contributed by atoms with Crippen LogP contribution < -0.4 is 10.6 Å². The molecule has 0 saturated carbocycles. The maximum absolute atomic E-state index is 11.9. The summed E-state index contributed by atoms with van der Waals surface area (Å²) in [5.74, 6) is -0.756. The number of nitrogens with one attached hydrogen (secondary N) is 2. The molecule has 1 aromatic carbocycles. The van der Waals surface area contributed by atoms with Gasteiger partial charge in [0.25, 0.3) is 5.91 Å². The summed E-state index contributed by atoms with van der Waals surface area (Å²) in [5, 5.41) is 5.88. The summed E-state index contributed by atoms with van der Waals surface area (Å²) in [6.07, 6.45) is 0.907. The predicted molar refractivity (Wildman–Crippen MR) is 80.7 cm³/mol. The first-order valence-corrected chi connectivity index (χ1v) is 6.69. The van der Waals surface area contributed by atoms with Crippen LogP contribution in [-0.4, -0.2) is 30.1 Å². The highest BCUT2D eigenvalue weighted by Gasteiger charge is 2.11. The van der Waals surface area contributed by atoms with Crippen molar-refractivity contribution in [2.45, 2.75) is 26.3 Å². The maximum Gasteiger partial charge on any atom is 0.337 e. The van der Waals surface area contributed by atoms with Gasteiger partial charge in [-0.25, -0.2) is 4.79 Å². The van der Waals surface area contributed by atoms with E-state index in [1.54, 1.807) is 12.1 Å². The van der Waals surface area contributed by atoms with Gasteiger partial charge in [0.1, 0.15) is 0 Å². The number of amides is 1. The van der Waals surface area contributed by atoms with E-state index < -0.39 is 5.97 Å². The second-order valence-corrected chi connectivity index (χ2v) is 4.71. The van der Waals surface area contributed by atoms with Crippen molar-refractivity contribution in [1.29, 1.82) is 0 Å². The maximum atomic E-state index is 11.9. The molecule has 0 radical (unpaired) electrons. The van der Waals surface area contributed by atoms with Crippen molar-refractivity contribution in [3.8, 4) is 0 Å². The number of methoxy groups -OCH3 is 1. The van der Waals surface area contributed by atoms with E-state index in [1.807, 2.05) is 13.8 Å². The Kier molecular flexibility index (Phi) is 6.11. The van der Waals surface area contributed by atoms with E-state index in [9.17, 15) is 9.59 Å². The molecule has 0 spiro atoms. The Bertz CT molecular complexity index is 500. The zero-order chi connectivity index (χ0) is 15.1. The fourth-order valence-corrected chi connectivity index (χ4v) is 1.71. The van der Waals surface area contributed by atoms with Crippen LogP contribution in [0.3, 0.4) is 0 Å². The molecule has 0 bridgehead atoms. The minimum atomic E-state index is -0.439. The third-order valence-corrected chi connectivity index (χ3v) is 3.01. The van der Waals surface area contributed by atoms with E-state index in [4.69, 9.17) is 12.2 Å². The summed E-state index contributed by atoms with van der Waals surface area (Å²) < 4.78 is 4.59. The van der Waals surface area contributed by atoms with Crippen LogP contribution in [0, 0.1) is 0 Å². The summed E-state index contributed by atoms with van der Waals surface area (Å²) in [7, 11) is 1.31. The van der Waals surface area contributed by atoms with Gasteiger partial charge in [0, 0.05) is 11.6 Å². The number of carbonyl (C=O) groups is 2. The molecule has 0 saturated heterocycles. The highest BCUT2D eigenvalue weighted by atomic mass is 32.1. The SMILES string of the molecule is CCC(C)NC(=S)NC(=O)c1ccc(C(=O)OC)cc1. The van der Waals surface area contributed by atoms with Crippen molar-refractivity contribution in [2.75, 3.05) is 7.11 Å². The summed E-state index contributed by atoms with van der Waals surface area (Å²) in [6.45, 7) is 4.00. The second-order valence-electron chi connectivity index (χ2n) is 4.31. The van der Waals surface area contributed by atoms with E-state index in [2.05, 4.69) is 15.4 Å². The molecule has 1 amide bonds. The first kappa shape index (κ1) is 16.1. The van der Waals surface area contributed by atoms with Crippen LogP contribution in [0.4, 0.5) is 0 Å².